The molecule has 0 saturated carbocycles. The van der Waals surface area contributed by atoms with Gasteiger partial charge in [-0.05, 0) is 43.7 Å². The lowest BCUT2D eigenvalue weighted by Crippen LogP contribution is -2.40. The molecular formula is C22H31N7O. The third kappa shape index (κ3) is 4.18. The third-order valence-corrected chi connectivity index (χ3v) is 5.85. The summed E-state index contributed by atoms with van der Waals surface area (Å²) in [7, 11) is 1.86. The van der Waals surface area contributed by atoms with E-state index in [2.05, 4.69) is 44.7 Å². The van der Waals surface area contributed by atoms with E-state index in [-0.39, 0.29) is 6.61 Å². The smallest absolute Gasteiger partial charge is 0.162 e. The van der Waals surface area contributed by atoms with E-state index in [9.17, 15) is 5.11 Å². The maximum Gasteiger partial charge on any atom is 0.162 e. The van der Waals surface area contributed by atoms with Crippen LogP contribution in [0.4, 0.5) is 17.5 Å². The summed E-state index contributed by atoms with van der Waals surface area (Å²) in [6, 6.07) is 6.46. The summed E-state index contributed by atoms with van der Waals surface area (Å²) in [6.45, 7) is 3.95. The Morgan fingerprint density at radius 2 is 2.13 bits per heavy atom. The standard InChI is InChI=1S/C22H31N7O/c1-3-17-15-26-29-20(25-14-16-7-8-19(23-2)24-13-16)12-21(27-22(17)29)28-10-5-4-6-18(28)9-11-30/h7-8,12-13,15,18,25,30H,3-6,9-11,14H2,1-2H3,(H,23,24)/t18-/m0/s1. The maximum absolute atomic E-state index is 9.52. The molecule has 1 aliphatic rings. The molecule has 30 heavy (non-hydrogen) atoms. The van der Waals surface area contributed by atoms with Crippen LogP contribution in [0, 0.1) is 0 Å². The summed E-state index contributed by atoms with van der Waals surface area (Å²) in [5, 5.41) is 20.7. The number of pyridine rings is 1. The molecule has 0 unspecified atom stereocenters. The van der Waals surface area contributed by atoms with Gasteiger partial charge in [-0.15, -0.1) is 0 Å². The highest BCUT2D eigenvalue weighted by atomic mass is 16.3. The number of aromatic nitrogens is 4. The summed E-state index contributed by atoms with van der Waals surface area (Å²) < 4.78 is 1.89. The average molecular weight is 410 g/mol. The SMILES string of the molecule is CCc1cnn2c(NCc3ccc(NC)nc3)cc(N3CCCC[C@H]3CCO)nc12. The van der Waals surface area contributed by atoms with Gasteiger partial charge in [-0.3, -0.25) is 0 Å². The van der Waals surface area contributed by atoms with Gasteiger partial charge < -0.3 is 20.6 Å². The monoisotopic (exact) mass is 409 g/mol. The van der Waals surface area contributed by atoms with Crippen molar-refractivity contribution in [3.63, 3.8) is 0 Å². The van der Waals surface area contributed by atoms with Gasteiger partial charge in [0.05, 0.1) is 6.20 Å². The maximum atomic E-state index is 9.52. The molecule has 8 heteroatoms. The Morgan fingerprint density at radius 3 is 2.87 bits per heavy atom. The molecule has 0 radical (unpaired) electrons. The Morgan fingerprint density at radius 1 is 1.23 bits per heavy atom. The molecule has 8 nitrogen and oxygen atoms in total. The van der Waals surface area contributed by atoms with E-state index in [1.165, 1.54) is 6.42 Å². The predicted octanol–water partition coefficient (Wildman–Crippen LogP) is 3.08. The van der Waals surface area contributed by atoms with Crippen molar-refractivity contribution in [1.82, 2.24) is 19.6 Å². The van der Waals surface area contributed by atoms with E-state index in [4.69, 9.17) is 4.98 Å². The molecule has 3 N–H and O–H groups in total. The number of nitrogens with zero attached hydrogens (tertiary/aromatic N) is 5. The van der Waals surface area contributed by atoms with Crippen molar-refractivity contribution in [2.45, 2.75) is 51.6 Å². The van der Waals surface area contributed by atoms with E-state index in [1.807, 2.05) is 30.0 Å². The molecule has 4 heterocycles. The topological polar surface area (TPSA) is 90.6 Å². The first-order valence-corrected chi connectivity index (χ1v) is 10.8. The van der Waals surface area contributed by atoms with Gasteiger partial charge in [0, 0.05) is 50.6 Å². The summed E-state index contributed by atoms with van der Waals surface area (Å²) in [6.07, 6.45) is 8.90. The number of aryl methyl sites for hydroxylation is 1. The first-order valence-electron chi connectivity index (χ1n) is 10.8. The van der Waals surface area contributed by atoms with Crippen molar-refractivity contribution in [3.05, 3.63) is 41.7 Å². The number of nitrogens with one attached hydrogen (secondary N) is 2. The quantitative estimate of drug-likeness (QED) is 0.527. The van der Waals surface area contributed by atoms with Crippen molar-refractivity contribution < 1.29 is 5.11 Å². The number of aliphatic hydroxyl groups excluding tert-OH is 1. The fourth-order valence-corrected chi connectivity index (χ4v) is 4.14. The molecule has 3 aromatic heterocycles. The molecule has 160 valence electrons. The Labute approximate surface area is 177 Å². The molecule has 1 aliphatic heterocycles. The van der Waals surface area contributed by atoms with Crippen LogP contribution in [0.15, 0.2) is 30.6 Å². The van der Waals surface area contributed by atoms with Gasteiger partial charge in [-0.1, -0.05) is 13.0 Å². The fraction of sp³-hybridized carbons (Fsp3) is 0.500. The number of aliphatic hydroxyl groups is 1. The van der Waals surface area contributed by atoms with Crippen LogP contribution in [0.3, 0.4) is 0 Å². The summed E-state index contributed by atoms with van der Waals surface area (Å²) in [5.41, 5.74) is 3.13. The molecular weight excluding hydrogens is 378 g/mol. The van der Waals surface area contributed by atoms with Crippen LogP contribution in [0.5, 0.6) is 0 Å². The second-order valence-corrected chi connectivity index (χ2v) is 7.77. The second-order valence-electron chi connectivity index (χ2n) is 7.77. The molecule has 1 fully saturated rings. The van der Waals surface area contributed by atoms with Gasteiger partial charge in [0.1, 0.15) is 17.5 Å². The van der Waals surface area contributed by atoms with E-state index >= 15 is 0 Å². The van der Waals surface area contributed by atoms with Crippen LogP contribution < -0.4 is 15.5 Å². The molecule has 0 spiro atoms. The van der Waals surface area contributed by atoms with Crippen molar-refractivity contribution >= 4 is 23.1 Å². The van der Waals surface area contributed by atoms with Crippen LogP contribution >= 0.6 is 0 Å². The van der Waals surface area contributed by atoms with E-state index in [0.717, 1.165) is 66.5 Å². The highest BCUT2D eigenvalue weighted by Crippen LogP contribution is 2.29. The molecule has 3 aromatic rings. The number of hydrogen-bond donors (Lipinski definition) is 3. The minimum atomic E-state index is 0.205. The first kappa shape index (κ1) is 20.4. The van der Waals surface area contributed by atoms with Gasteiger partial charge in [-0.25, -0.2) is 9.97 Å². The summed E-state index contributed by atoms with van der Waals surface area (Å²) in [5.74, 6) is 2.73. The van der Waals surface area contributed by atoms with Crippen molar-refractivity contribution in [2.24, 2.45) is 0 Å². The molecule has 0 amide bonds. The average Bonchev–Trinajstić information content (AvgIpc) is 3.21. The molecule has 0 bridgehead atoms. The second kappa shape index (κ2) is 9.30. The highest BCUT2D eigenvalue weighted by molar-refractivity contribution is 5.61. The fourth-order valence-electron chi connectivity index (χ4n) is 4.14. The van der Waals surface area contributed by atoms with Crippen LogP contribution in [-0.2, 0) is 13.0 Å². The Kier molecular flexibility index (Phi) is 6.32. The van der Waals surface area contributed by atoms with E-state index < -0.39 is 0 Å². The lowest BCUT2D eigenvalue weighted by atomic mass is 9.99. The van der Waals surface area contributed by atoms with Crippen molar-refractivity contribution in [1.29, 1.82) is 0 Å². The van der Waals surface area contributed by atoms with Crippen LogP contribution in [0.2, 0.25) is 0 Å². The molecule has 4 rings (SSSR count). The van der Waals surface area contributed by atoms with Gasteiger partial charge in [0.15, 0.2) is 5.65 Å². The predicted molar refractivity (Wildman–Crippen MR) is 120 cm³/mol. The Hall–Kier alpha value is -2.87. The van der Waals surface area contributed by atoms with Gasteiger partial charge in [0.25, 0.3) is 0 Å². The molecule has 1 atom stereocenters. The molecule has 0 aliphatic carbocycles. The number of fused-ring (bicyclic) bond motifs is 1. The number of rotatable bonds is 8. The zero-order valence-corrected chi connectivity index (χ0v) is 17.8. The number of anilines is 3. The van der Waals surface area contributed by atoms with Crippen LogP contribution in [0.1, 0.15) is 43.7 Å². The van der Waals surface area contributed by atoms with Gasteiger partial charge in [0.2, 0.25) is 0 Å². The lowest BCUT2D eigenvalue weighted by Gasteiger charge is -2.36. The summed E-state index contributed by atoms with van der Waals surface area (Å²) >= 11 is 0. The van der Waals surface area contributed by atoms with E-state index in [1.54, 1.807) is 0 Å². The largest absolute Gasteiger partial charge is 0.396 e. The zero-order valence-electron chi connectivity index (χ0n) is 17.8. The first-order chi connectivity index (χ1) is 14.7. The normalized spacial score (nSPS) is 16.8. The molecule has 1 saturated heterocycles. The molecule has 0 aromatic carbocycles. The zero-order chi connectivity index (χ0) is 20.9. The minimum Gasteiger partial charge on any atom is -0.396 e. The third-order valence-electron chi connectivity index (χ3n) is 5.85. The number of hydrogen-bond acceptors (Lipinski definition) is 7. The minimum absolute atomic E-state index is 0.205. The van der Waals surface area contributed by atoms with E-state index in [0.29, 0.717) is 12.6 Å². The Balaban J connectivity index is 1.66. The van der Waals surface area contributed by atoms with Gasteiger partial charge in [-0.2, -0.15) is 9.61 Å². The van der Waals surface area contributed by atoms with Crippen LogP contribution in [0.25, 0.3) is 5.65 Å². The van der Waals surface area contributed by atoms with Crippen molar-refractivity contribution in [2.75, 3.05) is 35.7 Å². The van der Waals surface area contributed by atoms with Gasteiger partial charge >= 0.3 is 0 Å². The van der Waals surface area contributed by atoms with Crippen molar-refractivity contribution in [3.8, 4) is 0 Å². The van der Waals surface area contributed by atoms with Crippen LogP contribution in [-0.4, -0.2) is 50.9 Å². The summed E-state index contributed by atoms with van der Waals surface area (Å²) in [4.78, 5) is 11.7. The lowest BCUT2D eigenvalue weighted by molar-refractivity contribution is 0.262. The highest BCUT2D eigenvalue weighted by Gasteiger charge is 2.24. The number of piperidine rings is 1. The Bertz CT molecular complexity index is 968.